The van der Waals surface area contributed by atoms with Crippen LogP contribution in [0.5, 0.6) is 0 Å². The van der Waals surface area contributed by atoms with Gasteiger partial charge in [-0.3, -0.25) is 0 Å². The summed E-state index contributed by atoms with van der Waals surface area (Å²) in [7, 11) is 0. The van der Waals surface area contributed by atoms with Crippen molar-refractivity contribution in [3.63, 3.8) is 0 Å². The molecular weight excluding hydrogens is 114 g/mol. The van der Waals surface area contributed by atoms with Crippen molar-refractivity contribution in [3.05, 3.63) is 35.9 Å². The number of rotatable bonds is 0. The van der Waals surface area contributed by atoms with E-state index in [9.17, 15) is 0 Å². The van der Waals surface area contributed by atoms with Gasteiger partial charge in [0.15, 0.2) is 0 Å². The quantitative estimate of drug-likeness (QED) is 0.499. The maximum absolute atomic E-state index is 8.29. The zero-order valence-corrected chi connectivity index (χ0v) is 4.83. The van der Waals surface area contributed by atoms with E-state index in [1.165, 1.54) is 0 Å². The maximum atomic E-state index is 8.29. The van der Waals surface area contributed by atoms with Gasteiger partial charge in [-0.2, -0.15) is 5.26 Å². The highest BCUT2D eigenvalue weighted by molar-refractivity contribution is 5.27. The van der Waals surface area contributed by atoms with Crippen LogP contribution in [0.2, 0.25) is 0 Å². The van der Waals surface area contributed by atoms with Crippen molar-refractivity contribution in [2.45, 2.75) is 0 Å². The van der Waals surface area contributed by atoms with Gasteiger partial charge in [-0.05, 0) is 12.1 Å². The number of hydrogen-bond acceptors (Lipinski definition) is 1. The van der Waals surface area contributed by atoms with E-state index in [1.807, 2.05) is 24.3 Å². The van der Waals surface area contributed by atoms with Gasteiger partial charge in [0.05, 0.1) is 11.6 Å². The minimum atomic E-state index is 0. The largest absolute Gasteiger partial charge is 0.412 e. The van der Waals surface area contributed by atoms with Crippen molar-refractivity contribution >= 4 is 0 Å². The van der Waals surface area contributed by atoms with Crippen LogP contribution < -0.4 is 0 Å². The molecule has 0 saturated heterocycles. The molecule has 0 aliphatic heterocycles. The van der Waals surface area contributed by atoms with Gasteiger partial charge in [-0.25, -0.2) is 0 Å². The van der Waals surface area contributed by atoms with Gasteiger partial charge in [-0.1, -0.05) is 18.2 Å². The molecule has 0 saturated carbocycles. The van der Waals surface area contributed by atoms with E-state index in [1.54, 1.807) is 12.1 Å². The summed E-state index contributed by atoms with van der Waals surface area (Å²) in [6.45, 7) is 0. The predicted octanol–water partition coefficient (Wildman–Crippen LogP) is 0.734. The van der Waals surface area contributed by atoms with Crippen LogP contribution in [0, 0.1) is 11.3 Å². The molecule has 2 nitrogen and oxygen atoms in total. The van der Waals surface area contributed by atoms with Gasteiger partial charge >= 0.3 is 0 Å². The summed E-state index contributed by atoms with van der Waals surface area (Å²) in [6, 6.07) is 11.2. The Morgan fingerprint density at radius 2 is 1.67 bits per heavy atom. The van der Waals surface area contributed by atoms with E-state index in [0.29, 0.717) is 5.56 Å². The van der Waals surface area contributed by atoms with Crippen molar-refractivity contribution < 1.29 is 5.48 Å². The number of benzene rings is 1. The summed E-state index contributed by atoms with van der Waals surface area (Å²) in [6.07, 6.45) is 0. The molecule has 0 aromatic heterocycles. The second-order valence-corrected chi connectivity index (χ2v) is 1.48. The summed E-state index contributed by atoms with van der Waals surface area (Å²) >= 11 is 0. The monoisotopic (exact) mass is 121 g/mol. The third-order valence-electron chi connectivity index (χ3n) is 0.903. The van der Waals surface area contributed by atoms with Gasteiger partial charge in [0, 0.05) is 0 Å². The molecule has 0 bridgehead atoms. The highest BCUT2D eigenvalue weighted by Gasteiger charge is 1.79. The Kier molecular flexibility index (Phi) is 3.11. The SMILES string of the molecule is N#Cc1ccccc1.O. The lowest BCUT2D eigenvalue weighted by atomic mass is 10.2. The standard InChI is InChI=1S/C7H5N.H2O/c8-6-7-4-2-1-3-5-7;/h1-5H;1H2. The van der Waals surface area contributed by atoms with E-state index in [-0.39, 0.29) is 5.48 Å². The number of nitriles is 1. The zero-order chi connectivity index (χ0) is 5.82. The molecule has 0 unspecified atom stereocenters. The molecule has 46 valence electrons. The Bertz CT molecular complexity index is 200. The molecule has 0 spiro atoms. The predicted molar refractivity (Wildman–Crippen MR) is 34.8 cm³/mol. The average Bonchev–Trinajstić information content (AvgIpc) is 1.90. The molecular formula is C7H7NO. The highest BCUT2D eigenvalue weighted by Crippen LogP contribution is 1.92. The highest BCUT2D eigenvalue weighted by atomic mass is 16.0. The fourth-order valence-electron chi connectivity index (χ4n) is 0.513. The smallest absolute Gasteiger partial charge is 0.0991 e. The Morgan fingerprint density at radius 1 is 1.11 bits per heavy atom. The number of hydrogen-bond donors (Lipinski definition) is 0. The van der Waals surface area contributed by atoms with Gasteiger partial charge in [0.25, 0.3) is 0 Å². The van der Waals surface area contributed by atoms with E-state index >= 15 is 0 Å². The molecule has 9 heavy (non-hydrogen) atoms. The van der Waals surface area contributed by atoms with Crippen LogP contribution in [0.1, 0.15) is 5.56 Å². The Morgan fingerprint density at radius 3 is 2.00 bits per heavy atom. The Hall–Kier alpha value is -1.33. The van der Waals surface area contributed by atoms with Crippen molar-refractivity contribution in [3.8, 4) is 6.07 Å². The first-order valence-electron chi connectivity index (χ1n) is 2.38. The van der Waals surface area contributed by atoms with E-state index in [2.05, 4.69) is 0 Å². The van der Waals surface area contributed by atoms with Crippen LogP contribution in [0.15, 0.2) is 30.3 Å². The minimum absolute atomic E-state index is 0. The van der Waals surface area contributed by atoms with E-state index < -0.39 is 0 Å². The third kappa shape index (κ3) is 1.94. The molecule has 0 radical (unpaired) electrons. The lowest BCUT2D eigenvalue weighted by molar-refractivity contribution is 0.824. The van der Waals surface area contributed by atoms with Crippen LogP contribution in [0.4, 0.5) is 0 Å². The lowest BCUT2D eigenvalue weighted by Gasteiger charge is -1.80. The van der Waals surface area contributed by atoms with Crippen LogP contribution in [0.25, 0.3) is 0 Å². The van der Waals surface area contributed by atoms with Gasteiger partial charge in [0.1, 0.15) is 0 Å². The summed E-state index contributed by atoms with van der Waals surface area (Å²) in [5, 5.41) is 8.29. The van der Waals surface area contributed by atoms with E-state index in [0.717, 1.165) is 0 Å². The molecule has 0 atom stereocenters. The van der Waals surface area contributed by atoms with Crippen LogP contribution in [0.3, 0.4) is 0 Å². The fourth-order valence-corrected chi connectivity index (χ4v) is 0.513. The molecule has 0 amide bonds. The third-order valence-corrected chi connectivity index (χ3v) is 0.903. The second-order valence-electron chi connectivity index (χ2n) is 1.48. The zero-order valence-electron chi connectivity index (χ0n) is 4.83. The molecule has 0 aliphatic rings. The van der Waals surface area contributed by atoms with E-state index in [4.69, 9.17) is 5.26 Å². The first-order valence-corrected chi connectivity index (χ1v) is 2.38. The van der Waals surface area contributed by atoms with Gasteiger partial charge in [-0.15, -0.1) is 0 Å². The van der Waals surface area contributed by atoms with Crippen LogP contribution in [-0.2, 0) is 0 Å². The molecule has 0 fully saturated rings. The molecule has 1 rings (SSSR count). The molecule has 0 aliphatic carbocycles. The minimum Gasteiger partial charge on any atom is -0.412 e. The first kappa shape index (κ1) is 7.67. The summed E-state index contributed by atoms with van der Waals surface area (Å²) in [5.74, 6) is 0. The van der Waals surface area contributed by atoms with Gasteiger partial charge in [0.2, 0.25) is 0 Å². The molecule has 2 N–H and O–H groups in total. The molecule has 2 heteroatoms. The molecule has 0 heterocycles. The average molecular weight is 121 g/mol. The summed E-state index contributed by atoms with van der Waals surface area (Å²) in [5.41, 5.74) is 0.715. The number of nitrogens with zero attached hydrogens (tertiary/aromatic N) is 1. The van der Waals surface area contributed by atoms with Crippen LogP contribution in [-0.4, -0.2) is 5.48 Å². The second kappa shape index (κ2) is 3.65. The van der Waals surface area contributed by atoms with Gasteiger partial charge < -0.3 is 5.48 Å². The first-order chi connectivity index (χ1) is 3.93. The summed E-state index contributed by atoms with van der Waals surface area (Å²) < 4.78 is 0. The molecule has 1 aromatic rings. The topological polar surface area (TPSA) is 55.3 Å². The van der Waals surface area contributed by atoms with Crippen molar-refractivity contribution in [1.29, 1.82) is 5.26 Å². The Balaban J connectivity index is 0.000000640. The fraction of sp³-hybridized carbons (Fsp3) is 0. The lowest BCUT2D eigenvalue weighted by Crippen LogP contribution is -1.66. The maximum Gasteiger partial charge on any atom is 0.0991 e. The normalized spacial score (nSPS) is 7.00. The van der Waals surface area contributed by atoms with Crippen LogP contribution >= 0.6 is 0 Å². The Labute approximate surface area is 53.7 Å². The van der Waals surface area contributed by atoms with Crippen molar-refractivity contribution in [2.24, 2.45) is 0 Å². The summed E-state index contributed by atoms with van der Waals surface area (Å²) in [4.78, 5) is 0. The van der Waals surface area contributed by atoms with Crippen molar-refractivity contribution in [2.75, 3.05) is 0 Å². The molecule has 1 aromatic carbocycles. The van der Waals surface area contributed by atoms with Crippen molar-refractivity contribution in [1.82, 2.24) is 0 Å².